The van der Waals surface area contributed by atoms with Crippen molar-refractivity contribution in [2.24, 2.45) is 0 Å². The van der Waals surface area contributed by atoms with Crippen LogP contribution in [0.15, 0.2) is 108 Å². The van der Waals surface area contributed by atoms with E-state index in [9.17, 15) is 22.4 Å². The maximum absolute atomic E-state index is 14.4. The number of halogens is 2. The van der Waals surface area contributed by atoms with Crippen molar-refractivity contribution in [1.82, 2.24) is 10.2 Å². The second-order valence-electron chi connectivity index (χ2n) is 10.8. The molecule has 1 atom stereocenters. The second-order valence-corrected chi connectivity index (χ2v) is 13.1. The normalized spacial score (nSPS) is 11.9. The second kappa shape index (κ2) is 15.7. The molecule has 0 saturated carbocycles. The molecule has 0 fully saturated rings. The van der Waals surface area contributed by atoms with Crippen LogP contribution in [0.3, 0.4) is 0 Å². The summed E-state index contributed by atoms with van der Waals surface area (Å²) in [6.45, 7) is 3.65. The summed E-state index contributed by atoms with van der Waals surface area (Å²) in [7, 11) is -4.24. The van der Waals surface area contributed by atoms with Gasteiger partial charge in [-0.05, 0) is 78.6 Å². The smallest absolute Gasteiger partial charge is 0.264 e. The van der Waals surface area contributed by atoms with Crippen LogP contribution in [0.5, 0.6) is 0 Å². The van der Waals surface area contributed by atoms with E-state index < -0.39 is 34.3 Å². The van der Waals surface area contributed by atoms with Gasteiger partial charge in [-0.1, -0.05) is 79.5 Å². The number of unbranched alkanes of at least 4 members (excludes halogenated alkanes) is 1. The van der Waals surface area contributed by atoms with Gasteiger partial charge < -0.3 is 10.2 Å². The van der Waals surface area contributed by atoms with Crippen molar-refractivity contribution in [3.63, 3.8) is 0 Å². The monoisotopic (exact) mass is 649 g/mol. The van der Waals surface area contributed by atoms with Gasteiger partial charge in [-0.25, -0.2) is 12.8 Å². The number of sulfonamides is 1. The van der Waals surface area contributed by atoms with E-state index >= 15 is 0 Å². The van der Waals surface area contributed by atoms with E-state index in [2.05, 4.69) is 5.32 Å². The molecule has 7 nitrogen and oxygen atoms in total. The van der Waals surface area contributed by atoms with Crippen molar-refractivity contribution in [3.8, 4) is 0 Å². The minimum atomic E-state index is -4.24. The Morgan fingerprint density at radius 2 is 1.58 bits per heavy atom. The Hall–Kier alpha value is -4.21. The molecule has 2 amide bonds. The Bertz CT molecular complexity index is 1680. The predicted molar refractivity (Wildman–Crippen MR) is 176 cm³/mol. The zero-order valence-corrected chi connectivity index (χ0v) is 26.9. The van der Waals surface area contributed by atoms with Crippen molar-refractivity contribution in [3.05, 3.63) is 131 Å². The molecular weight excluding hydrogens is 613 g/mol. The first-order chi connectivity index (χ1) is 21.6. The molecule has 236 valence electrons. The Labute approximate surface area is 269 Å². The lowest BCUT2D eigenvalue weighted by Gasteiger charge is -2.34. The van der Waals surface area contributed by atoms with Gasteiger partial charge in [0.15, 0.2) is 0 Å². The molecule has 4 aromatic carbocycles. The number of carbonyl (C=O) groups excluding carboxylic acids is 2. The summed E-state index contributed by atoms with van der Waals surface area (Å²) >= 11 is 6.04. The lowest BCUT2D eigenvalue weighted by atomic mass is 10.0. The molecule has 0 aliphatic rings. The van der Waals surface area contributed by atoms with Crippen LogP contribution in [-0.4, -0.2) is 44.3 Å². The molecule has 0 aliphatic carbocycles. The quantitative estimate of drug-likeness (QED) is 0.157. The minimum Gasteiger partial charge on any atom is -0.354 e. The summed E-state index contributed by atoms with van der Waals surface area (Å²) in [5.74, 6) is -1.38. The molecule has 0 aliphatic heterocycles. The molecule has 4 aromatic rings. The Morgan fingerprint density at radius 3 is 2.22 bits per heavy atom. The molecule has 10 heteroatoms. The van der Waals surface area contributed by atoms with Gasteiger partial charge in [0, 0.05) is 24.5 Å². The maximum atomic E-state index is 14.4. The molecule has 0 radical (unpaired) electrons. The highest BCUT2D eigenvalue weighted by molar-refractivity contribution is 7.92. The fraction of sp³-hybridized carbons (Fsp3) is 0.257. The third kappa shape index (κ3) is 9.15. The van der Waals surface area contributed by atoms with Crippen LogP contribution in [0, 0.1) is 12.7 Å². The van der Waals surface area contributed by atoms with Gasteiger partial charge >= 0.3 is 0 Å². The maximum Gasteiger partial charge on any atom is 0.264 e. The van der Waals surface area contributed by atoms with E-state index in [0.29, 0.717) is 22.8 Å². The first-order valence-corrected chi connectivity index (χ1v) is 16.6. The van der Waals surface area contributed by atoms with Crippen molar-refractivity contribution in [2.75, 3.05) is 17.4 Å². The van der Waals surface area contributed by atoms with Gasteiger partial charge in [0.05, 0.1) is 10.6 Å². The van der Waals surface area contributed by atoms with Crippen LogP contribution in [0.4, 0.5) is 10.1 Å². The van der Waals surface area contributed by atoms with Gasteiger partial charge in [0.25, 0.3) is 10.0 Å². The number of aryl methyl sites for hydroxylation is 1. The van der Waals surface area contributed by atoms with E-state index in [1.807, 2.05) is 50.2 Å². The number of amides is 2. The minimum absolute atomic E-state index is 0.0376. The molecule has 0 unspecified atom stereocenters. The highest BCUT2D eigenvalue weighted by Gasteiger charge is 2.34. The fourth-order valence-electron chi connectivity index (χ4n) is 4.89. The number of anilines is 1. The third-order valence-electron chi connectivity index (χ3n) is 7.34. The Kier molecular flexibility index (Phi) is 11.7. The SMILES string of the molecule is CCCCNC(=O)[C@H](Cc1ccccc1)N(Cc1ccc(F)cc1)C(=O)CN(c1cccc(C)c1)S(=O)(=O)c1ccc(Cl)cc1. The van der Waals surface area contributed by atoms with Crippen LogP contribution in [0.1, 0.15) is 36.5 Å². The number of benzene rings is 4. The van der Waals surface area contributed by atoms with Crippen LogP contribution in [0.25, 0.3) is 0 Å². The van der Waals surface area contributed by atoms with Crippen LogP contribution < -0.4 is 9.62 Å². The van der Waals surface area contributed by atoms with Gasteiger partial charge in [-0.3, -0.25) is 13.9 Å². The molecule has 4 rings (SSSR count). The zero-order chi connectivity index (χ0) is 32.4. The van der Waals surface area contributed by atoms with E-state index in [0.717, 1.165) is 28.3 Å². The van der Waals surface area contributed by atoms with Gasteiger partial charge in [-0.15, -0.1) is 0 Å². The predicted octanol–water partition coefficient (Wildman–Crippen LogP) is 6.54. The van der Waals surface area contributed by atoms with Crippen molar-refractivity contribution < 1.29 is 22.4 Å². The summed E-state index contributed by atoms with van der Waals surface area (Å²) in [5, 5.41) is 3.32. The van der Waals surface area contributed by atoms with Gasteiger partial charge in [0.1, 0.15) is 18.4 Å². The first-order valence-electron chi connectivity index (χ1n) is 14.8. The standard InChI is InChI=1S/C35H37ClFN3O4S/c1-3-4-21-38-35(42)33(23-27-10-6-5-7-11-27)39(24-28-13-17-30(37)18-14-28)34(41)25-40(31-12-8-9-26(2)22-31)45(43,44)32-19-15-29(36)16-20-32/h5-20,22,33H,3-4,21,23-25H2,1-2H3,(H,38,42)/t33-/m0/s1. The van der Waals surface area contributed by atoms with Gasteiger partial charge in [-0.2, -0.15) is 0 Å². The summed E-state index contributed by atoms with van der Waals surface area (Å²) in [6.07, 6.45) is 1.83. The van der Waals surface area contributed by atoms with Crippen molar-refractivity contribution in [1.29, 1.82) is 0 Å². The van der Waals surface area contributed by atoms with E-state index in [1.54, 1.807) is 30.3 Å². The molecule has 0 saturated heterocycles. The van der Waals surface area contributed by atoms with E-state index in [1.165, 1.54) is 41.3 Å². The largest absolute Gasteiger partial charge is 0.354 e. The Morgan fingerprint density at radius 1 is 0.889 bits per heavy atom. The summed E-state index contributed by atoms with van der Waals surface area (Å²) in [5.41, 5.74) is 2.52. The van der Waals surface area contributed by atoms with Crippen LogP contribution in [0.2, 0.25) is 5.02 Å². The molecule has 0 spiro atoms. The van der Waals surface area contributed by atoms with E-state index in [-0.39, 0.29) is 23.8 Å². The summed E-state index contributed by atoms with van der Waals surface area (Å²) < 4.78 is 43.0. The van der Waals surface area contributed by atoms with E-state index in [4.69, 9.17) is 11.6 Å². The summed E-state index contributed by atoms with van der Waals surface area (Å²) in [4.78, 5) is 29.5. The molecule has 45 heavy (non-hydrogen) atoms. The van der Waals surface area contributed by atoms with Crippen molar-refractivity contribution >= 4 is 39.1 Å². The number of rotatable bonds is 14. The van der Waals surface area contributed by atoms with Crippen molar-refractivity contribution in [2.45, 2.75) is 50.6 Å². The highest BCUT2D eigenvalue weighted by atomic mass is 35.5. The highest BCUT2D eigenvalue weighted by Crippen LogP contribution is 2.27. The van der Waals surface area contributed by atoms with Gasteiger partial charge in [0.2, 0.25) is 11.8 Å². The Balaban J connectivity index is 1.78. The fourth-order valence-corrected chi connectivity index (χ4v) is 6.42. The van der Waals surface area contributed by atoms with Crippen LogP contribution in [-0.2, 0) is 32.6 Å². The molecule has 0 heterocycles. The number of nitrogens with one attached hydrogen (secondary N) is 1. The average Bonchev–Trinajstić information content (AvgIpc) is 3.03. The molecule has 0 bridgehead atoms. The molecular formula is C35H37ClFN3O4S. The zero-order valence-electron chi connectivity index (χ0n) is 25.3. The average molecular weight is 650 g/mol. The van der Waals surface area contributed by atoms with Crippen LogP contribution >= 0.6 is 11.6 Å². The number of hydrogen-bond acceptors (Lipinski definition) is 4. The number of carbonyl (C=O) groups is 2. The number of nitrogens with zero attached hydrogens (tertiary/aromatic N) is 2. The molecule has 1 N–H and O–H groups in total. The molecule has 0 aromatic heterocycles. The summed E-state index contributed by atoms with van der Waals surface area (Å²) in [6, 6.07) is 26.6. The lowest BCUT2D eigenvalue weighted by molar-refractivity contribution is -0.140. The first kappa shape index (κ1) is 33.7. The lowest BCUT2D eigenvalue weighted by Crippen LogP contribution is -2.53. The number of hydrogen-bond donors (Lipinski definition) is 1. The topological polar surface area (TPSA) is 86.8 Å². The third-order valence-corrected chi connectivity index (χ3v) is 9.38.